The number of hydrogen-bond donors (Lipinski definition) is 1. The van der Waals surface area contributed by atoms with Crippen LogP contribution in [0, 0.1) is 0 Å². The van der Waals surface area contributed by atoms with Crippen molar-refractivity contribution in [2.24, 2.45) is 0 Å². The average molecular weight is 347 g/mol. The predicted molar refractivity (Wildman–Crippen MR) is 107 cm³/mol. The summed E-state index contributed by atoms with van der Waals surface area (Å²) in [6.45, 7) is 4.97. The van der Waals surface area contributed by atoms with Gasteiger partial charge in [-0.2, -0.15) is 0 Å². The van der Waals surface area contributed by atoms with E-state index < -0.39 is 0 Å². The lowest BCUT2D eigenvalue weighted by atomic mass is 10.2. The lowest BCUT2D eigenvalue weighted by molar-refractivity contribution is 0.217. The van der Waals surface area contributed by atoms with Crippen LogP contribution in [0.4, 0.5) is 5.69 Å². The van der Waals surface area contributed by atoms with Crippen molar-refractivity contribution in [3.05, 3.63) is 84.4 Å². The van der Waals surface area contributed by atoms with E-state index in [4.69, 9.17) is 9.47 Å². The van der Waals surface area contributed by atoms with E-state index in [-0.39, 0.29) is 6.10 Å². The van der Waals surface area contributed by atoms with Crippen LogP contribution in [-0.2, 0) is 6.54 Å². The van der Waals surface area contributed by atoms with Crippen LogP contribution in [0.15, 0.2) is 78.9 Å². The fourth-order valence-corrected chi connectivity index (χ4v) is 2.47. The van der Waals surface area contributed by atoms with Crippen molar-refractivity contribution in [3.63, 3.8) is 0 Å². The minimum absolute atomic E-state index is 0.246. The summed E-state index contributed by atoms with van der Waals surface area (Å²) in [6, 6.07) is 26.0. The molecule has 0 radical (unpaired) electrons. The molecule has 3 heteroatoms. The molecule has 0 aliphatic rings. The van der Waals surface area contributed by atoms with Crippen LogP contribution < -0.4 is 14.8 Å². The van der Waals surface area contributed by atoms with Crippen molar-refractivity contribution >= 4 is 5.69 Å². The van der Waals surface area contributed by atoms with Crippen molar-refractivity contribution in [3.8, 4) is 17.2 Å². The summed E-state index contributed by atoms with van der Waals surface area (Å²) in [5, 5.41) is 3.43. The van der Waals surface area contributed by atoms with Gasteiger partial charge in [-0.05, 0) is 67.4 Å². The Morgan fingerprint density at radius 1 is 0.769 bits per heavy atom. The minimum Gasteiger partial charge on any atom is -0.491 e. The molecule has 0 spiro atoms. The summed E-state index contributed by atoms with van der Waals surface area (Å²) in [5.74, 6) is 2.59. The Kier molecular flexibility index (Phi) is 6.15. The monoisotopic (exact) mass is 347 g/mol. The lowest BCUT2D eigenvalue weighted by Crippen LogP contribution is -2.09. The van der Waals surface area contributed by atoms with Gasteiger partial charge in [0.25, 0.3) is 0 Å². The van der Waals surface area contributed by atoms with E-state index in [1.807, 2.05) is 66.7 Å². The molecule has 0 saturated heterocycles. The maximum absolute atomic E-state index is 5.81. The van der Waals surface area contributed by atoms with Crippen LogP contribution in [0.5, 0.6) is 17.2 Å². The first-order valence-corrected chi connectivity index (χ1v) is 9.05. The number of anilines is 1. The normalized spacial score (nSPS) is 11.6. The maximum atomic E-state index is 5.81. The van der Waals surface area contributed by atoms with E-state index in [1.165, 1.54) is 5.56 Å². The number of nitrogens with one attached hydrogen (secondary N) is 1. The standard InChI is InChI=1S/C23H25NO2/c1-3-18(2)25-22-13-9-19(10-14-22)17-24-20-11-15-23(16-12-20)26-21-7-5-4-6-8-21/h4-16,18,24H,3,17H2,1-2H3. The summed E-state index contributed by atoms with van der Waals surface area (Å²) in [4.78, 5) is 0. The molecule has 3 aromatic rings. The summed E-state index contributed by atoms with van der Waals surface area (Å²) in [5.41, 5.74) is 2.27. The van der Waals surface area contributed by atoms with E-state index in [9.17, 15) is 0 Å². The summed E-state index contributed by atoms with van der Waals surface area (Å²) in [6.07, 6.45) is 1.25. The maximum Gasteiger partial charge on any atom is 0.127 e. The highest BCUT2D eigenvalue weighted by molar-refractivity contribution is 5.47. The molecule has 0 aromatic heterocycles. The molecule has 0 fully saturated rings. The first-order valence-electron chi connectivity index (χ1n) is 9.05. The molecule has 0 saturated carbocycles. The molecular weight excluding hydrogens is 322 g/mol. The molecule has 3 nitrogen and oxygen atoms in total. The zero-order chi connectivity index (χ0) is 18.2. The quantitative estimate of drug-likeness (QED) is 0.521. The number of hydrogen-bond acceptors (Lipinski definition) is 3. The van der Waals surface area contributed by atoms with Crippen molar-refractivity contribution < 1.29 is 9.47 Å². The zero-order valence-corrected chi connectivity index (χ0v) is 15.3. The molecular formula is C23H25NO2. The van der Waals surface area contributed by atoms with Crippen molar-refractivity contribution in [1.82, 2.24) is 0 Å². The number of ether oxygens (including phenoxy) is 2. The van der Waals surface area contributed by atoms with Gasteiger partial charge in [-0.15, -0.1) is 0 Å². The van der Waals surface area contributed by atoms with Crippen LogP contribution in [0.1, 0.15) is 25.8 Å². The first kappa shape index (κ1) is 17.9. The molecule has 3 aromatic carbocycles. The Bertz CT molecular complexity index is 783. The second kappa shape index (κ2) is 8.95. The van der Waals surface area contributed by atoms with Gasteiger partial charge in [0, 0.05) is 12.2 Å². The molecule has 0 aliphatic carbocycles. The summed E-state index contributed by atoms with van der Waals surface area (Å²) >= 11 is 0. The zero-order valence-electron chi connectivity index (χ0n) is 15.3. The smallest absolute Gasteiger partial charge is 0.127 e. The molecule has 1 N–H and O–H groups in total. The van der Waals surface area contributed by atoms with Crippen molar-refractivity contribution in [2.45, 2.75) is 32.9 Å². The Labute approximate surface area is 155 Å². The van der Waals surface area contributed by atoms with Crippen LogP contribution in [-0.4, -0.2) is 6.10 Å². The average Bonchev–Trinajstić information content (AvgIpc) is 2.69. The highest BCUT2D eigenvalue weighted by Crippen LogP contribution is 2.23. The van der Waals surface area contributed by atoms with Gasteiger partial charge in [-0.3, -0.25) is 0 Å². The van der Waals surface area contributed by atoms with Gasteiger partial charge in [-0.1, -0.05) is 37.3 Å². The number of benzene rings is 3. The molecule has 1 unspecified atom stereocenters. The van der Waals surface area contributed by atoms with Crippen molar-refractivity contribution in [2.75, 3.05) is 5.32 Å². The van der Waals surface area contributed by atoms with Crippen LogP contribution in [0.25, 0.3) is 0 Å². The Balaban J connectivity index is 1.51. The van der Waals surface area contributed by atoms with Crippen LogP contribution >= 0.6 is 0 Å². The highest BCUT2D eigenvalue weighted by atomic mass is 16.5. The Morgan fingerprint density at radius 2 is 1.38 bits per heavy atom. The summed E-state index contributed by atoms with van der Waals surface area (Å²) < 4.78 is 11.6. The van der Waals surface area contributed by atoms with Gasteiger partial charge in [-0.25, -0.2) is 0 Å². The van der Waals surface area contributed by atoms with E-state index in [1.54, 1.807) is 0 Å². The molecule has 134 valence electrons. The lowest BCUT2D eigenvalue weighted by Gasteiger charge is -2.13. The second-order valence-electron chi connectivity index (χ2n) is 6.27. The third kappa shape index (κ3) is 5.28. The van der Waals surface area contributed by atoms with Gasteiger partial charge >= 0.3 is 0 Å². The second-order valence-corrected chi connectivity index (χ2v) is 6.27. The largest absolute Gasteiger partial charge is 0.491 e. The molecule has 0 bridgehead atoms. The van der Waals surface area contributed by atoms with E-state index >= 15 is 0 Å². The fourth-order valence-electron chi connectivity index (χ4n) is 2.47. The predicted octanol–water partition coefficient (Wildman–Crippen LogP) is 6.27. The Hall–Kier alpha value is -2.94. The summed E-state index contributed by atoms with van der Waals surface area (Å²) in [7, 11) is 0. The van der Waals surface area contributed by atoms with E-state index in [0.29, 0.717) is 0 Å². The van der Waals surface area contributed by atoms with Gasteiger partial charge in [0.2, 0.25) is 0 Å². The molecule has 0 heterocycles. The minimum atomic E-state index is 0.246. The van der Waals surface area contributed by atoms with Crippen molar-refractivity contribution in [1.29, 1.82) is 0 Å². The fraction of sp³-hybridized carbons (Fsp3) is 0.217. The third-order valence-electron chi connectivity index (χ3n) is 4.17. The van der Waals surface area contributed by atoms with Gasteiger partial charge < -0.3 is 14.8 Å². The molecule has 1 atom stereocenters. The van der Waals surface area contributed by atoms with Crippen LogP contribution in [0.3, 0.4) is 0 Å². The third-order valence-corrected chi connectivity index (χ3v) is 4.17. The van der Waals surface area contributed by atoms with Gasteiger partial charge in [0.1, 0.15) is 17.2 Å². The van der Waals surface area contributed by atoms with E-state index in [0.717, 1.165) is 35.9 Å². The number of para-hydroxylation sites is 1. The molecule has 0 amide bonds. The number of rotatable bonds is 8. The molecule has 26 heavy (non-hydrogen) atoms. The van der Waals surface area contributed by atoms with E-state index in [2.05, 4.69) is 31.3 Å². The molecule has 3 rings (SSSR count). The Morgan fingerprint density at radius 3 is 2.04 bits per heavy atom. The molecule has 0 aliphatic heterocycles. The van der Waals surface area contributed by atoms with Gasteiger partial charge in [0.05, 0.1) is 6.10 Å². The highest BCUT2D eigenvalue weighted by Gasteiger charge is 2.02. The topological polar surface area (TPSA) is 30.5 Å². The van der Waals surface area contributed by atoms with Gasteiger partial charge in [0.15, 0.2) is 0 Å². The van der Waals surface area contributed by atoms with Crippen LogP contribution in [0.2, 0.25) is 0 Å². The SMILES string of the molecule is CCC(C)Oc1ccc(CNc2ccc(Oc3ccccc3)cc2)cc1. The first-order chi connectivity index (χ1) is 12.7.